The Morgan fingerprint density at radius 3 is 2.73 bits per heavy atom. The van der Waals surface area contributed by atoms with Gasteiger partial charge in [0.05, 0.1) is 12.7 Å². The molecule has 2 aromatic rings. The largest absolute Gasteiger partial charge is 0.489 e. The lowest BCUT2D eigenvalue weighted by Crippen LogP contribution is -2.07. The normalized spacial score (nSPS) is 11.8. The summed E-state index contributed by atoms with van der Waals surface area (Å²) in [5.74, 6) is 0.333. The molecule has 5 heteroatoms. The van der Waals surface area contributed by atoms with Crippen LogP contribution >= 0.6 is 11.8 Å². The summed E-state index contributed by atoms with van der Waals surface area (Å²) < 4.78 is 10.7. The van der Waals surface area contributed by atoms with Gasteiger partial charge >= 0.3 is 5.97 Å². The molecule has 1 unspecified atom stereocenters. The van der Waals surface area contributed by atoms with E-state index in [1.807, 2.05) is 36.4 Å². The first-order chi connectivity index (χ1) is 12.6. The van der Waals surface area contributed by atoms with Crippen LogP contribution in [0.1, 0.15) is 48.5 Å². The minimum absolute atomic E-state index is 0.276. The number of carbonyl (C=O) groups is 1. The van der Waals surface area contributed by atoms with Crippen molar-refractivity contribution in [3.8, 4) is 5.75 Å². The average Bonchev–Trinajstić information content (AvgIpc) is 2.66. The van der Waals surface area contributed by atoms with Gasteiger partial charge in [-0.1, -0.05) is 62.2 Å². The average molecular weight is 375 g/mol. The number of hydrogen-bond donors (Lipinski definition) is 1. The molecule has 0 aliphatic heterocycles. The molecule has 26 heavy (non-hydrogen) atoms. The van der Waals surface area contributed by atoms with E-state index in [0.717, 1.165) is 36.1 Å². The molecule has 1 N–H and O–H groups in total. The second-order valence-electron chi connectivity index (χ2n) is 5.98. The standard InChI is InChI=1S/C21H26O4S/c1-3-4-5-13-20(22)26-18-11-8-10-17(14-18)25-15-16-9-6-7-12-19(16)21(23)24-2/h6-12,14,20,22H,3-5,13,15H2,1-2H3. The molecular formula is C21H26O4S. The number of methoxy groups -OCH3 is 1. The Labute approximate surface area is 159 Å². The maximum Gasteiger partial charge on any atom is 0.338 e. The van der Waals surface area contributed by atoms with Crippen molar-refractivity contribution in [1.29, 1.82) is 0 Å². The molecule has 0 aliphatic carbocycles. The van der Waals surface area contributed by atoms with Crippen molar-refractivity contribution in [2.24, 2.45) is 0 Å². The Morgan fingerprint density at radius 2 is 1.96 bits per heavy atom. The van der Waals surface area contributed by atoms with Gasteiger partial charge in [-0.05, 0) is 30.7 Å². The molecule has 2 aromatic carbocycles. The summed E-state index contributed by atoms with van der Waals surface area (Å²) in [7, 11) is 1.37. The smallest absolute Gasteiger partial charge is 0.338 e. The molecule has 0 radical (unpaired) electrons. The number of thioether (sulfide) groups is 1. The van der Waals surface area contributed by atoms with E-state index >= 15 is 0 Å². The Balaban J connectivity index is 1.96. The maximum atomic E-state index is 11.8. The number of esters is 1. The number of rotatable bonds is 10. The third-order valence-corrected chi connectivity index (χ3v) is 4.98. The van der Waals surface area contributed by atoms with Crippen LogP contribution in [0.4, 0.5) is 0 Å². The minimum atomic E-state index is -0.406. The number of carbonyl (C=O) groups excluding carboxylic acids is 1. The van der Waals surface area contributed by atoms with Gasteiger partial charge in [0.25, 0.3) is 0 Å². The van der Waals surface area contributed by atoms with E-state index in [9.17, 15) is 9.90 Å². The Bertz CT molecular complexity index is 702. The summed E-state index contributed by atoms with van der Waals surface area (Å²) in [5, 5.41) is 10.1. The van der Waals surface area contributed by atoms with Gasteiger partial charge in [-0.15, -0.1) is 0 Å². The molecule has 0 heterocycles. The van der Waals surface area contributed by atoms with Crippen molar-refractivity contribution < 1.29 is 19.4 Å². The first-order valence-electron chi connectivity index (χ1n) is 8.87. The number of hydrogen-bond acceptors (Lipinski definition) is 5. The van der Waals surface area contributed by atoms with Gasteiger partial charge < -0.3 is 14.6 Å². The molecular weight excluding hydrogens is 348 g/mol. The van der Waals surface area contributed by atoms with Crippen LogP contribution in [0, 0.1) is 0 Å². The number of unbranched alkanes of at least 4 members (excludes halogenated alkanes) is 2. The quantitative estimate of drug-likeness (QED) is 0.273. The SMILES string of the molecule is CCCCCC(O)Sc1cccc(OCc2ccccc2C(=O)OC)c1. The van der Waals surface area contributed by atoms with Crippen molar-refractivity contribution in [3.63, 3.8) is 0 Å². The number of ether oxygens (including phenoxy) is 2. The Hall–Kier alpha value is -1.98. The summed E-state index contributed by atoms with van der Waals surface area (Å²) in [6, 6.07) is 14.9. The van der Waals surface area contributed by atoms with Crippen LogP contribution in [0.2, 0.25) is 0 Å². The molecule has 2 rings (SSSR count). The van der Waals surface area contributed by atoms with Crippen molar-refractivity contribution in [3.05, 3.63) is 59.7 Å². The third-order valence-electron chi connectivity index (χ3n) is 3.95. The molecule has 0 spiro atoms. The third kappa shape index (κ3) is 6.39. The highest BCUT2D eigenvalue weighted by molar-refractivity contribution is 7.99. The first-order valence-corrected chi connectivity index (χ1v) is 9.75. The van der Waals surface area contributed by atoms with E-state index in [2.05, 4.69) is 6.92 Å². The summed E-state index contributed by atoms with van der Waals surface area (Å²) in [4.78, 5) is 12.8. The van der Waals surface area contributed by atoms with Crippen LogP contribution in [-0.4, -0.2) is 23.6 Å². The first kappa shape index (κ1) is 20.3. The van der Waals surface area contributed by atoms with E-state index in [4.69, 9.17) is 9.47 Å². The highest BCUT2D eigenvalue weighted by atomic mass is 32.2. The van der Waals surface area contributed by atoms with Crippen molar-refractivity contribution in [2.75, 3.05) is 7.11 Å². The zero-order valence-electron chi connectivity index (χ0n) is 15.3. The van der Waals surface area contributed by atoms with Crippen molar-refractivity contribution in [1.82, 2.24) is 0 Å². The Kier molecular flexibility index (Phi) is 8.51. The molecule has 4 nitrogen and oxygen atoms in total. The predicted molar refractivity (Wildman–Crippen MR) is 105 cm³/mol. The van der Waals surface area contributed by atoms with Gasteiger partial charge in [-0.3, -0.25) is 0 Å². The van der Waals surface area contributed by atoms with Gasteiger partial charge in [0.2, 0.25) is 0 Å². The van der Waals surface area contributed by atoms with Crippen LogP contribution in [0.15, 0.2) is 53.4 Å². The topological polar surface area (TPSA) is 55.8 Å². The lowest BCUT2D eigenvalue weighted by molar-refractivity contribution is 0.0597. The van der Waals surface area contributed by atoms with Gasteiger partial charge in [0.1, 0.15) is 17.8 Å². The maximum absolute atomic E-state index is 11.8. The van der Waals surface area contributed by atoms with E-state index in [1.54, 1.807) is 12.1 Å². The van der Waals surface area contributed by atoms with Gasteiger partial charge in [0.15, 0.2) is 0 Å². The highest BCUT2D eigenvalue weighted by Crippen LogP contribution is 2.28. The minimum Gasteiger partial charge on any atom is -0.489 e. The van der Waals surface area contributed by atoms with Gasteiger partial charge in [-0.25, -0.2) is 4.79 Å². The molecule has 0 aromatic heterocycles. The van der Waals surface area contributed by atoms with Gasteiger partial charge in [0, 0.05) is 10.5 Å². The number of benzene rings is 2. The molecule has 0 bridgehead atoms. The van der Waals surface area contributed by atoms with E-state index in [1.165, 1.54) is 18.9 Å². The van der Waals surface area contributed by atoms with Gasteiger partial charge in [-0.2, -0.15) is 0 Å². The zero-order valence-corrected chi connectivity index (χ0v) is 16.1. The van der Waals surface area contributed by atoms with Crippen LogP contribution < -0.4 is 4.74 Å². The number of aliphatic hydroxyl groups is 1. The van der Waals surface area contributed by atoms with Crippen LogP contribution in [0.5, 0.6) is 5.75 Å². The van der Waals surface area contributed by atoms with Crippen LogP contribution in [-0.2, 0) is 11.3 Å². The molecule has 140 valence electrons. The summed E-state index contributed by atoms with van der Waals surface area (Å²) in [6.45, 7) is 2.43. The number of aliphatic hydroxyl groups excluding tert-OH is 1. The Morgan fingerprint density at radius 1 is 1.15 bits per heavy atom. The summed E-state index contributed by atoms with van der Waals surface area (Å²) >= 11 is 1.44. The fourth-order valence-electron chi connectivity index (χ4n) is 2.54. The fraction of sp³-hybridized carbons (Fsp3) is 0.381. The molecule has 0 saturated heterocycles. The lowest BCUT2D eigenvalue weighted by atomic mass is 10.1. The molecule has 0 saturated carbocycles. The van der Waals surface area contributed by atoms with E-state index < -0.39 is 5.44 Å². The zero-order chi connectivity index (χ0) is 18.8. The van der Waals surface area contributed by atoms with Crippen LogP contribution in [0.3, 0.4) is 0 Å². The molecule has 0 aliphatic rings. The van der Waals surface area contributed by atoms with E-state index in [-0.39, 0.29) is 12.6 Å². The van der Waals surface area contributed by atoms with Crippen molar-refractivity contribution >= 4 is 17.7 Å². The lowest BCUT2D eigenvalue weighted by Gasteiger charge is -2.12. The predicted octanol–water partition coefficient (Wildman–Crippen LogP) is 5.04. The second-order valence-corrected chi connectivity index (χ2v) is 7.23. The summed E-state index contributed by atoms with van der Waals surface area (Å²) in [6.07, 6.45) is 4.11. The van der Waals surface area contributed by atoms with E-state index in [0.29, 0.717) is 11.3 Å². The highest BCUT2D eigenvalue weighted by Gasteiger charge is 2.12. The summed E-state index contributed by atoms with van der Waals surface area (Å²) in [5.41, 5.74) is 0.876. The fourth-order valence-corrected chi connectivity index (χ4v) is 3.48. The molecule has 1 atom stereocenters. The second kappa shape index (κ2) is 10.9. The monoisotopic (exact) mass is 374 g/mol. The van der Waals surface area contributed by atoms with Crippen molar-refractivity contribution in [2.45, 2.75) is 49.5 Å². The van der Waals surface area contributed by atoms with Crippen LogP contribution in [0.25, 0.3) is 0 Å². The molecule has 0 amide bonds. The molecule has 0 fully saturated rings.